The Labute approximate surface area is 180 Å². The lowest BCUT2D eigenvalue weighted by Crippen LogP contribution is -2.34. The minimum atomic E-state index is -2.23. The maximum absolute atomic E-state index is 11.1. The van der Waals surface area contributed by atoms with Crippen molar-refractivity contribution < 1.29 is 13.9 Å². The van der Waals surface area contributed by atoms with Crippen molar-refractivity contribution in [1.82, 2.24) is 14.6 Å². The molecular formula is C20H22BrN4O3S-. The van der Waals surface area contributed by atoms with Gasteiger partial charge in [-0.15, -0.1) is 0 Å². The molecule has 0 radical (unpaired) electrons. The molecule has 7 nitrogen and oxygen atoms in total. The number of fused-ring (bicyclic) bond motifs is 1. The Balaban J connectivity index is 1.65. The first-order valence-corrected chi connectivity index (χ1v) is 11.5. The molecule has 1 aromatic carbocycles. The van der Waals surface area contributed by atoms with Crippen LogP contribution in [-0.4, -0.2) is 41.1 Å². The van der Waals surface area contributed by atoms with E-state index in [1.165, 1.54) is 0 Å². The summed E-state index contributed by atoms with van der Waals surface area (Å²) in [6.45, 7) is 0.177. The lowest BCUT2D eigenvalue weighted by molar-refractivity contribution is 0.178. The number of halogens is 1. The van der Waals surface area contributed by atoms with Crippen LogP contribution in [0, 0.1) is 5.92 Å². The van der Waals surface area contributed by atoms with E-state index in [1.807, 2.05) is 18.2 Å². The van der Waals surface area contributed by atoms with Gasteiger partial charge in [-0.05, 0) is 57.5 Å². The van der Waals surface area contributed by atoms with Crippen molar-refractivity contribution in [2.24, 2.45) is 5.92 Å². The molecule has 3 atom stereocenters. The zero-order valence-electron chi connectivity index (χ0n) is 15.8. The van der Waals surface area contributed by atoms with Gasteiger partial charge in [-0.3, -0.25) is 4.21 Å². The normalized spacial score (nSPS) is 20.7. The lowest BCUT2D eigenvalue weighted by Gasteiger charge is -2.31. The molecular weight excluding hydrogens is 456 g/mol. The molecule has 2 N–H and O–H groups in total. The maximum atomic E-state index is 11.1. The van der Waals surface area contributed by atoms with E-state index in [1.54, 1.807) is 22.8 Å². The molecule has 1 aliphatic rings. The van der Waals surface area contributed by atoms with Gasteiger partial charge in [-0.25, -0.2) is 9.50 Å². The number of anilines is 1. The summed E-state index contributed by atoms with van der Waals surface area (Å²) in [7, 11) is 0. The van der Waals surface area contributed by atoms with Crippen molar-refractivity contribution in [3.63, 3.8) is 0 Å². The van der Waals surface area contributed by atoms with E-state index in [-0.39, 0.29) is 23.5 Å². The van der Waals surface area contributed by atoms with E-state index in [2.05, 4.69) is 26.3 Å². The fraction of sp³-hybridized carbons (Fsp3) is 0.400. The summed E-state index contributed by atoms with van der Waals surface area (Å²) >= 11 is 1.29. The average molecular weight is 478 g/mol. The highest BCUT2D eigenvalue weighted by Gasteiger charge is 2.25. The van der Waals surface area contributed by atoms with E-state index in [0.29, 0.717) is 6.42 Å². The predicted octanol–water partition coefficient (Wildman–Crippen LogP) is 3.28. The van der Waals surface area contributed by atoms with Gasteiger partial charge < -0.3 is 15.0 Å². The molecule has 1 fully saturated rings. The van der Waals surface area contributed by atoms with Crippen LogP contribution in [-0.2, 0) is 17.5 Å². The van der Waals surface area contributed by atoms with E-state index < -0.39 is 11.1 Å². The standard InChI is InChI=1S/C20H23BrN4O3S/c21-17-11-22-25-15(9-13-5-7-16(8-6-13)29(27)28)10-19(24-20(17)25)23-18-4-2-1-3-14(18)12-26/h5-8,10-11,14,18,26H,1-4,9,12H2,(H,23,24)(H,27,28)/p-1/t14-,18-/m1/s1. The SMILES string of the molecule is O=S([O-])c1ccc(Cc2cc(N[C@@H]3CCCC[C@@H]3CO)nc3c(Br)cnn23)cc1. The molecule has 9 heteroatoms. The molecule has 3 aromatic rings. The quantitative estimate of drug-likeness (QED) is 0.528. The average Bonchev–Trinajstić information content (AvgIpc) is 3.10. The van der Waals surface area contributed by atoms with Gasteiger partial charge in [0.05, 0.1) is 16.4 Å². The number of hydrogen-bond acceptors (Lipinski definition) is 6. The Morgan fingerprint density at radius 2 is 2.03 bits per heavy atom. The van der Waals surface area contributed by atoms with Crippen LogP contribution in [0.1, 0.15) is 36.9 Å². The number of aliphatic hydroxyl groups is 1. The van der Waals surface area contributed by atoms with Crippen molar-refractivity contribution in [1.29, 1.82) is 0 Å². The molecule has 2 heterocycles. The molecule has 0 aliphatic heterocycles. The third-order valence-corrected chi connectivity index (χ3v) is 6.70. The summed E-state index contributed by atoms with van der Waals surface area (Å²) < 4.78 is 24.8. The molecule has 154 valence electrons. The third kappa shape index (κ3) is 4.53. The zero-order valence-corrected chi connectivity index (χ0v) is 18.2. The summed E-state index contributed by atoms with van der Waals surface area (Å²) in [5, 5.41) is 17.7. The van der Waals surface area contributed by atoms with E-state index in [9.17, 15) is 13.9 Å². The molecule has 0 spiro atoms. The van der Waals surface area contributed by atoms with Gasteiger partial charge in [0, 0.05) is 35.9 Å². The van der Waals surface area contributed by atoms with Gasteiger partial charge >= 0.3 is 0 Å². The Kier molecular flexibility index (Phi) is 6.29. The predicted molar refractivity (Wildman–Crippen MR) is 114 cm³/mol. The largest absolute Gasteiger partial charge is 0.768 e. The van der Waals surface area contributed by atoms with E-state index in [0.717, 1.165) is 52.9 Å². The van der Waals surface area contributed by atoms with Gasteiger partial charge in [0.2, 0.25) is 0 Å². The first-order valence-electron chi connectivity index (χ1n) is 9.64. The van der Waals surface area contributed by atoms with Crippen LogP contribution in [0.25, 0.3) is 5.65 Å². The molecule has 29 heavy (non-hydrogen) atoms. The lowest BCUT2D eigenvalue weighted by atomic mass is 9.85. The summed E-state index contributed by atoms with van der Waals surface area (Å²) in [4.78, 5) is 4.99. The number of benzene rings is 1. The van der Waals surface area contributed by atoms with Gasteiger partial charge in [-0.1, -0.05) is 25.0 Å². The van der Waals surface area contributed by atoms with Gasteiger partial charge in [0.25, 0.3) is 0 Å². The molecule has 0 bridgehead atoms. The minimum Gasteiger partial charge on any atom is -0.768 e. The summed E-state index contributed by atoms with van der Waals surface area (Å²) in [5.74, 6) is 0.996. The Morgan fingerprint density at radius 3 is 2.76 bits per heavy atom. The minimum absolute atomic E-state index is 0.177. The van der Waals surface area contributed by atoms with Crippen LogP contribution < -0.4 is 5.32 Å². The number of rotatable bonds is 6. The number of nitrogens with zero attached hydrogens (tertiary/aromatic N) is 3. The van der Waals surface area contributed by atoms with Crippen molar-refractivity contribution in [2.45, 2.75) is 43.0 Å². The topological polar surface area (TPSA) is 103 Å². The van der Waals surface area contributed by atoms with Crippen molar-refractivity contribution in [2.75, 3.05) is 11.9 Å². The fourth-order valence-electron chi connectivity index (χ4n) is 3.93. The Morgan fingerprint density at radius 1 is 1.28 bits per heavy atom. The van der Waals surface area contributed by atoms with Crippen LogP contribution in [0.15, 0.2) is 45.9 Å². The number of nitrogens with one attached hydrogen (secondary N) is 1. The van der Waals surface area contributed by atoms with Crippen LogP contribution >= 0.6 is 15.9 Å². The molecule has 4 rings (SSSR count). The number of aliphatic hydroxyl groups excluding tert-OH is 1. The highest BCUT2D eigenvalue weighted by Crippen LogP contribution is 2.28. The molecule has 1 aliphatic carbocycles. The van der Waals surface area contributed by atoms with Gasteiger partial charge in [-0.2, -0.15) is 5.10 Å². The second kappa shape index (κ2) is 8.91. The molecule has 1 saturated carbocycles. The Bertz CT molecular complexity index is 1020. The van der Waals surface area contributed by atoms with Crippen molar-refractivity contribution in [3.8, 4) is 0 Å². The smallest absolute Gasteiger partial charge is 0.171 e. The number of hydrogen-bond donors (Lipinski definition) is 2. The monoisotopic (exact) mass is 477 g/mol. The van der Waals surface area contributed by atoms with Crippen LogP contribution in [0.2, 0.25) is 0 Å². The third-order valence-electron chi connectivity index (χ3n) is 5.48. The summed E-state index contributed by atoms with van der Waals surface area (Å²) in [6, 6.07) is 9.00. The molecule has 0 saturated heterocycles. The highest BCUT2D eigenvalue weighted by atomic mass is 79.9. The first kappa shape index (κ1) is 20.5. The molecule has 1 unspecified atom stereocenters. The number of aromatic nitrogens is 3. The maximum Gasteiger partial charge on any atom is 0.171 e. The van der Waals surface area contributed by atoms with Gasteiger partial charge in [0.1, 0.15) is 5.82 Å². The second-order valence-corrected chi connectivity index (χ2v) is 9.19. The van der Waals surface area contributed by atoms with Crippen LogP contribution in [0.4, 0.5) is 5.82 Å². The first-order chi connectivity index (χ1) is 14.0. The summed E-state index contributed by atoms with van der Waals surface area (Å²) in [6.07, 6.45) is 6.64. The molecule has 0 amide bonds. The van der Waals surface area contributed by atoms with Crippen LogP contribution in [0.5, 0.6) is 0 Å². The van der Waals surface area contributed by atoms with E-state index >= 15 is 0 Å². The zero-order chi connectivity index (χ0) is 20.4. The highest BCUT2D eigenvalue weighted by molar-refractivity contribution is 9.10. The van der Waals surface area contributed by atoms with Crippen LogP contribution in [0.3, 0.4) is 0 Å². The Hall–Kier alpha value is -1.81. The van der Waals surface area contributed by atoms with E-state index in [4.69, 9.17) is 4.98 Å². The van der Waals surface area contributed by atoms with Crippen molar-refractivity contribution >= 4 is 38.5 Å². The van der Waals surface area contributed by atoms with Crippen molar-refractivity contribution in [3.05, 3.63) is 52.3 Å². The van der Waals surface area contributed by atoms with Gasteiger partial charge in [0.15, 0.2) is 5.65 Å². The fourth-order valence-corrected chi connectivity index (χ4v) is 4.64. The molecule has 2 aromatic heterocycles. The summed E-state index contributed by atoms with van der Waals surface area (Å²) in [5.41, 5.74) is 2.64. The second-order valence-electron chi connectivity index (χ2n) is 7.39.